The Morgan fingerprint density at radius 1 is 0.733 bits per heavy atom. The molecule has 0 fully saturated rings. The number of hydrogen-bond donors (Lipinski definition) is 1. The Labute approximate surface area is 173 Å². The number of rotatable bonds is 4. The largest absolute Gasteiger partial charge is 0.457 e. The summed E-state index contributed by atoms with van der Waals surface area (Å²) >= 11 is 0. The third-order valence-corrected chi connectivity index (χ3v) is 4.90. The van der Waals surface area contributed by atoms with Gasteiger partial charge in [-0.2, -0.15) is 0 Å². The van der Waals surface area contributed by atoms with E-state index in [0.29, 0.717) is 0 Å². The van der Waals surface area contributed by atoms with Crippen molar-refractivity contribution in [1.29, 1.82) is 0 Å². The van der Waals surface area contributed by atoms with E-state index in [-0.39, 0.29) is 0 Å². The van der Waals surface area contributed by atoms with E-state index in [4.69, 9.17) is 4.74 Å². The monoisotopic (exact) mass is 393 g/mol. The van der Waals surface area contributed by atoms with Crippen molar-refractivity contribution in [3.05, 3.63) is 84.4 Å². The molecule has 0 aliphatic carbocycles. The third kappa shape index (κ3) is 3.51. The molecule has 0 spiro atoms. The number of ether oxygens (including phenoxy) is 1. The molecule has 146 valence electrons. The van der Waals surface area contributed by atoms with Gasteiger partial charge in [0.25, 0.3) is 0 Å². The third-order valence-electron chi connectivity index (χ3n) is 4.90. The van der Waals surface area contributed by atoms with Crippen molar-refractivity contribution >= 4 is 33.4 Å². The van der Waals surface area contributed by atoms with Crippen LogP contribution in [0.2, 0.25) is 0 Å². The normalized spacial score (nSPS) is 11.0. The molecule has 6 heteroatoms. The lowest BCUT2D eigenvalue weighted by Crippen LogP contribution is -1.97. The summed E-state index contributed by atoms with van der Waals surface area (Å²) in [6.07, 6.45) is 4.93. The van der Waals surface area contributed by atoms with Crippen LogP contribution in [0.1, 0.15) is 11.1 Å². The van der Waals surface area contributed by atoms with Crippen molar-refractivity contribution in [2.24, 2.45) is 0 Å². The molecule has 3 aromatic carbocycles. The molecule has 0 unspecified atom stereocenters. The number of anilines is 2. The second kappa shape index (κ2) is 7.40. The van der Waals surface area contributed by atoms with Gasteiger partial charge in [0.15, 0.2) is 0 Å². The zero-order valence-corrected chi connectivity index (χ0v) is 16.6. The highest BCUT2D eigenvalue weighted by Crippen LogP contribution is 2.30. The number of hydrogen-bond acceptors (Lipinski definition) is 6. The Balaban J connectivity index is 1.41. The molecule has 0 aliphatic heterocycles. The average Bonchev–Trinajstić information content (AvgIpc) is 2.76. The highest BCUT2D eigenvalue weighted by molar-refractivity contribution is 5.91. The number of fused-ring (bicyclic) bond motifs is 2. The Kier molecular flexibility index (Phi) is 4.44. The summed E-state index contributed by atoms with van der Waals surface area (Å²) in [4.78, 5) is 17.4. The van der Waals surface area contributed by atoms with Crippen molar-refractivity contribution in [3.8, 4) is 11.5 Å². The first-order valence-corrected chi connectivity index (χ1v) is 9.63. The van der Waals surface area contributed by atoms with Gasteiger partial charge in [0.05, 0.1) is 16.6 Å². The van der Waals surface area contributed by atoms with Crippen molar-refractivity contribution in [3.63, 3.8) is 0 Å². The van der Waals surface area contributed by atoms with E-state index in [0.717, 1.165) is 50.5 Å². The van der Waals surface area contributed by atoms with Crippen LogP contribution in [-0.2, 0) is 0 Å². The molecule has 0 saturated heterocycles. The molecule has 0 saturated carbocycles. The van der Waals surface area contributed by atoms with Gasteiger partial charge in [0.2, 0.25) is 0 Å². The SMILES string of the molecule is Cc1ccc2ncnc(Nc3ccc(Oc4ccc5nccnc5c4)c(C)c3)c2c1. The summed E-state index contributed by atoms with van der Waals surface area (Å²) in [5.41, 5.74) is 5.67. The van der Waals surface area contributed by atoms with Crippen molar-refractivity contribution in [2.75, 3.05) is 5.32 Å². The lowest BCUT2D eigenvalue weighted by atomic mass is 10.1. The van der Waals surface area contributed by atoms with Gasteiger partial charge in [-0.15, -0.1) is 0 Å². The zero-order valence-electron chi connectivity index (χ0n) is 16.6. The Hall–Kier alpha value is -4.06. The first kappa shape index (κ1) is 18.0. The molecule has 0 radical (unpaired) electrons. The molecule has 5 rings (SSSR count). The molecule has 0 amide bonds. The highest BCUT2D eigenvalue weighted by Gasteiger charge is 2.08. The zero-order chi connectivity index (χ0) is 20.5. The van der Waals surface area contributed by atoms with Gasteiger partial charge in [-0.05, 0) is 61.9 Å². The first-order chi connectivity index (χ1) is 14.7. The van der Waals surface area contributed by atoms with E-state index in [1.54, 1.807) is 18.7 Å². The fraction of sp³-hybridized carbons (Fsp3) is 0.0833. The summed E-state index contributed by atoms with van der Waals surface area (Å²) in [5, 5.41) is 4.40. The summed E-state index contributed by atoms with van der Waals surface area (Å²) in [5.74, 6) is 2.29. The Morgan fingerprint density at radius 3 is 2.43 bits per heavy atom. The van der Waals surface area contributed by atoms with E-state index in [2.05, 4.69) is 38.2 Å². The second-order valence-electron chi connectivity index (χ2n) is 7.16. The topological polar surface area (TPSA) is 72.8 Å². The van der Waals surface area contributed by atoms with Crippen LogP contribution in [0.5, 0.6) is 11.5 Å². The van der Waals surface area contributed by atoms with E-state index in [9.17, 15) is 0 Å². The van der Waals surface area contributed by atoms with Crippen LogP contribution in [0.3, 0.4) is 0 Å². The van der Waals surface area contributed by atoms with Crippen LogP contribution in [-0.4, -0.2) is 19.9 Å². The predicted molar refractivity (Wildman–Crippen MR) is 118 cm³/mol. The smallest absolute Gasteiger partial charge is 0.141 e. The van der Waals surface area contributed by atoms with E-state index >= 15 is 0 Å². The number of aromatic nitrogens is 4. The molecule has 0 atom stereocenters. The fourth-order valence-electron chi connectivity index (χ4n) is 3.38. The molecular weight excluding hydrogens is 374 g/mol. The maximum Gasteiger partial charge on any atom is 0.141 e. The number of benzene rings is 3. The van der Waals surface area contributed by atoms with Crippen LogP contribution >= 0.6 is 0 Å². The average molecular weight is 393 g/mol. The van der Waals surface area contributed by atoms with Gasteiger partial charge in [-0.25, -0.2) is 9.97 Å². The Morgan fingerprint density at radius 2 is 1.57 bits per heavy atom. The highest BCUT2D eigenvalue weighted by atomic mass is 16.5. The summed E-state index contributed by atoms with van der Waals surface area (Å²) < 4.78 is 6.09. The summed E-state index contributed by atoms with van der Waals surface area (Å²) in [6, 6.07) is 17.8. The van der Waals surface area contributed by atoms with Gasteiger partial charge >= 0.3 is 0 Å². The van der Waals surface area contributed by atoms with E-state index in [1.165, 1.54) is 5.56 Å². The molecule has 30 heavy (non-hydrogen) atoms. The van der Waals surface area contributed by atoms with Crippen molar-refractivity contribution in [2.45, 2.75) is 13.8 Å². The molecule has 0 aliphatic rings. The minimum atomic E-state index is 0.726. The van der Waals surface area contributed by atoms with Crippen LogP contribution < -0.4 is 10.1 Å². The number of nitrogens with zero attached hydrogens (tertiary/aromatic N) is 4. The maximum atomic E-state index is 6.09. The van der Waals surface area contributed by atoms with Gasteiger partial charge in [-0.1, -0.05) is 11.6 Å². The van der Waals surface area contributed by atoms with Crippen LogP contribution in [0.25, 0.3) is 21.9 Å². The molecule has 1 N–H and O–H groups in total. The van der Waals surface area contributed by atoms with Gasteiger partial charge in [0, 0.05) is 29.5 Å². The molecule has 2 heterocycles. The van der Waals surface area contributed by atoms with Gasteiger partial charge < -0.3 is 10.1 Å². The lowest BCUT2D eigenvalue weighted by molar-refractivity contribution is 0.479. The van der Waals surface area contributed by atoms with Crippen LogP contribution in [0.15, 0.2) is 73.3 Å². The van der Waals surface area contributed by atoms with E-state index < -0.39 is 0 Å². The molecule has 0 bridgehead atoms. The number of aryl methyl sites for hydroxylation is 2. The van der Waals surface area contributed by atoms with Crippen molar-refractivity contribution < 1.29 is 4.74 Å². The molecule has 6 nitrogen and oxygen atoms in total. The lowest BCUT2D eigenvalue weighted by Gasteiger charge is -2.13. The summed E-state index contributed by atoms with van der Waals surface area (Å²) in [7, 11) is 0. The number of nitrogens with one attached hydrogen (secondary N) is 1. The first-order valence-electron chi connectivity index (χ1n) is 9.63. The van der Waals surface area contributed by atoms with Gasteiger partial charge in [0.1, 0.15) is 23.6 Å². The predicted octanol–water partition coefficient (Wildman–Crippen LogP) is 5.73. The Bertz CT molecular complexity index is 1380. The van der Waals surface area contributed by atoms with Crippen LogP contribution in [0, 0.1) is 13.8 Å². The van der Waals surface area contributed by atoms with E-state index in [1.807, 2.05) is 55.5 Å². The molecule has 5 aromatic rings. The quantitative estimate of drug-likeness (QED) is 0.421. The van der Waals surface area contributed by atoms with Crippen LogP contribution in [0.4, 0.5) is 11.5 Å². The van der Waals surface area contributed by atoms with Crippen molar-refractivity contribution in [1.82, 2.24) is 19.9 Å². The second-order valence-corrected chi connectivity index (χ2v) is 7.16. The fourth-order valence-corrected chi connectivity index (χ4v) is 3.38. The standard InChI is InChI=1S/C24H19N5O/c1-15-3-6-20-19(11-15)24(28-14-27-20)29-17-4-8-23(16(2)12-17)30-18-5-7-21-22(13-18)26-10-9-25-21/h3-14H,1-2H3,(H,27,28,29). The molecule has 2 aromatic heterocycles. The minimum Gasteiger partial charge on any atom is -0.457 e. The summed E-state index contributed by atoms with van der Waals surface area (Å²) in [6.45, 7) is 4.08. The maximum absolute atomic E-state index is 6.09. The molecular formula is C24H19N5O. The minimum absolute atomic E-state index is 0.726. The van der Waals surface area contributed by atoms with Gasteiger partial charge in [-0.3, -0.25) is 9.97 Å².